The molecule has 3 rings (SSSR count). The number of carbonyl (C=O) groups is 2. The van der Waals surface area contributed by atoms with Crippen molar-refractivity contribution >= 4 is 29.6 Å². The van der Waals surface area contributed by atoms with Gasteiger partial charge >= 0.3 is 0 Å². The van der Waals surface area contributed by atoms with Crippen LogP contribution < -0.4 is 25.0 Å². The third-order valence-electron chi connectivity index (χ3n) is 4.74. The van der Waals surface area contributed by atoms with E-state index in [9.17, 15) is 9.59 Å². The number of hydrazone groups is 1. The maximum absolute atomic E-state index is 12.2. The first-order chi connectivity index (χ1) is 17.0. The molecule has 0 aromatic heterocycles. The van der Waals surface area contributed by atoms with Crippen LogP contribution >= 0.6 is 11.6 Å². The Hall–Kier alpha value is -4.04. The van der Waals surface area contributed by atoms with E-state index in [-0.39, 0.29) is 12.5 Å². The number of amides is 2. The van der Waals surface area contributed by atoms with Gasteiger partial charge in [0.25, 0.3) is 11.8 Å². The molecule has 8 nitrogen and oxygen atoms in total. The summed E-state index contributed by atoms with van der Waals surface area (Å²) in [6, 6.07) is 19.3. The number of nitrogens with one attached hydrogen (secondary N) is 2. The van der Waals surface area contributed by atoms with Crippen LogP contribution in [0.25, 0.3) is 0 Å². The summed E-state index contributed by atoms with van der Waals surface area (Å²) in [5.74, 6) is 0.938. The third-order valence-corrected chi connectivity index (χ3v) is 4.99. The number of hydrogen-bond acceptors (Lipinski definition) is 6. The van der Waals surface area contributed by atoms with E-state index in [2.05, 4.69) is 15.8 Å². The Kier molecular flexibility index (Phi) is 9.50. The lowest BCUT2D eigenvalue weighted by Crippen LogP contribution is -2.34. The van der Waals surface area contributed by atoms with Crippen LogP contribution in [0, 0.1) is 0 Å². The van der Waals surface area contributed by atoms with E-state index in [1.807, 2.05) is 19.1 Å². The predicted octanol–water partition coefficient (Wildman–Crippen LogP) is 4.21. The van der Waals surface area contributed by atoms with Crippen LogP contribution in [0.3, 0.4) is 0 Å². The fourth-order valence-corrected chi connectivity index (χ4v) is 3.10. The molecule has 0 atom stereocenters. The lowest BCUT2D eigenvalue weighted by atomic mass is 10.2. The maximum Gasteiger partial charge on any atom is 0.259 e. The number of methoxy groups -OCH3 is 1. The molecule has 0 saturated carbocycles. The summed E-state index contributed by atoms with van der Waals surface area (Å²) in [7, 11) is 1.54. The smallest absolute Gasteiger partial charge is 0.259 e. The summed E-state index contributed by atoms with van der Waals surface area (Å²) in [4.78, 5) is 24.2. The Labute approximate surface area is 208 Å². The summed E-state index contributed by atoms with van der Waals surface area (Å²) in [5, 5.41) is 7.14. The average molecular weight is 496 g/mol. The highest BCUT2D eigenvalue weighted by Gasteiger charge is 2.09. The molecule has 35 heavy (non-hydrogen) atoms. The first-order valence-electron chi connectivity index (χ1n) is 10.9. The number of hydrogen-bond donors (Lipinski definition) is 2. The summed E-state index contributed by atoms with van der Waals surface area (Å²) >= 11 is 5.90. The van der Waals surface area contributed by atoms with Gasteiger partial charge in [0.2, 0.25) is 0 Å². The van der Waals surface area contributed by atoms with Gasteiger partial charge in [0, 0.05) is 10.6 Å². The van der Waals surface area contributed by atoms with Gasteiger partial charge in [-0.05, 0) is 72.6 Å². The second-order valence-electron chi connectivity index (χ2n) is 7.26. The molecule has 0 unspecified atom stereocenters. The maximum atomic E-state index is 12.2. The monoisotopic (exact) mass is 495 g/mol. The topological polar surface area (TPSA) is 98.2 Å². The van der Waals surface area contributed by atoms with Gasteiger partial charge < -0.3 is 19.5 Å². The minimum atomic E-state index is -0.463. The van der Waals surface area contributed by atoms with E-state index in [1.54, 1.807) is 61.7 Å². The molecular formula is C26H26ClN3O5. The molecule has 2 N–H and O–H groups in total. The first kappa shape index (κ1) is 25.6. The predicted molar refractivity (Wildman–Crippen MR) is 134 cm³/mol. The van der Waals surface area contributed by atoms with E-state index in [0.29, 0.717) is 46.6 Å². The van der Waals surface area contributed by atoms with Crippen molar-refractivity contribution in [1.82, 2.24) is 10.7 Å². The van der Waals surface area contributed by atoms with Gasteiger partial charge in [-0.2, -0.15) is 5.10 Å². The zero-order valence-electron chi connectivity index (χ0n) is 19.4. The number of benzene rings is 3. The molecule has 0 aliphatic heterocycles. The van der Waals surface area contributed by atoms with Crippen LogP contribution in [0.2, 0.25) is 5.02 Å². The summed E-state index contributed by atoms with van der Waals surface area (Å²) in [6.45, 7) is 2.57. The minimum Gasteiger partial charge on any atom is -0.494 e. The highest BCUT2D eigenvalue weighted by molar-refractivity contribution is 6.30. The van der Waals surface area contributed by atoms with Crippen molar-refractivity contribution in [3.63, 3.8) is 0 Å². The fourth-order valence-electron chi connectivity index (χ4n) is 2.98. The van der Waals surface area contributed by atoms with Crippen LogP contribution in [-0.2, 0) is 11.4 Å². The molecule has 2 amide bonds. The van der Waals surface area contributed by atoms with E-state index in [4.69, 9.17) is 25.8 Å². The quantitative estimate of drug-likeness (QED) is 0.307. The Balaban J connectivity index is 1.47. The first-order valence-corrected chi connectivity index (χ1v) is 11.2. The van der Waals surface area contributed by atoms with Gasteiger partial charge in [0.05, 0.1) is 26.5 Å². The second-order valence-corrected chi connectivity index (χ2v) is 7.70. The van der Waals surface area contributed by atoms with Gasteiger partial charge in [-0.15, -0.1) is 0 Å². The number of rotatable bonds is 11. The molecule has 3 aromatic carbocycles. The second kappa shape index (κ2) is 13.0. The fraction of sp³-hybridized carbons (Fsp3) is 0.192. The lowest BCUT2D eigenvalue weighted by Gasteiger charge is -2.11. The normalized spacial score (nSPS) is 10.6. The standard InChI is InChI=1S/C26H26ClN3O5/c1-3-34-22-11-7-20(8-12-22)26(32)28-16-25(31)30-29-15-19-6-13-23(24(14-19)33-2)35-17-18-4-9-21(27)10-5-18/h4-15H,3,16-17H2,1-2H3,(H,28,32)(H,30,31)/b29-15+. The van der Waals surface area contributed by atoms with Gasteiger partial charge in [0.15, 0.2) is 11.5 Å². The molecular weight excluding hydrogens is 470 g/mol. The molecule has 182 valence electrons. The molecule has 0 radical (unpaired) electrons. The number of ether oxygens (including phenoxy) is 3. The SMILES string of the molecule is CCOc1ccc(C(=O)NCC(=O)N/N=C/c2ccc(OCc3ccc(Cl)cc3)c(OC)c2)cc1. The number of halogens is 1. The van der Waals surface area contributed by atoms with Gasteiger partial charge in [-0.3, -0.25) is 9.59 Å². The van der Waals surface area contributed by atoms with Crippen molar-refractivity contribution in [2.24, 2.45) is 5.10 Å². The minimum absolute atomic E-state index is 0.218. The van der Waals surface area contributed by atoms with Crippen molar-refractivity contribution in [3.05, 3.63) is 88.4 Å². The van der Waals surface area contributed by atoms with E-state index < -0.39 is 5.91 Å². The Morgan fingerprint density at radius 1 is 0.971 bits per heavy atom. The Bertz CT molecular complexity index is 1160. The van der Waals surface area contributed by atoms with E-state index >= 15 is 0 Å². The average Bonchev–Trinajstić information content (AvgIpc) is 2.88. The van der Waals surface area contributed by atoms with E-state index in [1.165, 1.54) is 6.21 Å². The zero-order chi connectivity index (χ0) is 25.0. The van der Waals surface area contributed by atoms with E-state index in [0.717, 1.165) is 5.56 Å². The largest absolute Gasteiger partial charge is 0.494 e. The number of carbonyl (C=O) groups excluding carboxylic acids is 2. The summed E-state index contributed by atoms with van der Waals surface area (Å²) < 4.78 is 16.6. The Morgan fingerprint density at radius 2 is 1.71 bits per heavy atom. The summed E-state index contributed by atoms with van der Waals surface area (Å²) in [5.41, 5.74) is 4.47. The molecule has 0 saturated heterocycles. The molecule has 0 heterocycles. The van der Waals surface area contributed by atoms with Crippen LogP contribution in [0.4, 0.5) is 0 Å². The van der Waals surface area contributed by atoms with Gasteiger partial charge in [0.1, 0.15) is 12.4 Å². The van der Waals surface area contributed by atoms with Crippen molar-refractivity contribution in [3.8, 4) is 17.2 Å². The molecule has 0 fully saturated rings. The summed E-state index contributed by atoms with van der Waals surface area (Å²) in [6.07, 6.45) is 1.47. The van der Waals surface area contributed by atoms with Crippen molar-refractivity contribution in [1.29, 1.82) is 0 Å². The highest BCUT2D eigenvalue weighted by Crippen LogP contribution is 2.28. The zero-order valence-corrected chi connectivity index (χ0v) is 20.2. The van der Waals surface area contributed by atoms with Gasteiger partial charge in [-0.25, -0.2) is 5.43 Å². The van der Waals surface area contributed by atoms with Crippen molar-refractivity contribution in [2.45, 2.75) is 13.5 Å². The van der Waals surface area contributed by atoms with Crippen molar-refractivity contribution in [2.75, 3.05) is 20.3 Å². The molecule has 0 aliphatic carbocycles. The lowest BCUT2D eigenvalue weighted by molar-refractivity contribution is -0.120. The molecule has 9 heteroatoms. The van der Waals surface area contributed by atoms with Gasteiger partial charge in [-0.1, -0.05) is 23.7 Å². The van der Waals surface area contributed by atoms with Crippen molar-refractivity contribution < 1.29 is 23.8 Å². The Morgan fingerprint density at radius 3 is 2.40 bits per heavy atom. The van der Waals surface area contributed by atoms with Crippen LogP contribution in [0.1, 0.15) is 28.4 Å². The molecule has 0 aliphatic rings. The molecule has 3 aromatic rings. The van der Waals surface area contributed by atoms with Crippen LogP contribution in [-0.4, -0.2) is 38.3 Å². The van der Waals surface area contributed by atoms with Crippen LogP contribution in [0.15, 0.2) is 71.8 Å². The highest BCUT2D eigenvalue weighted by atomic mass is 35.5. The van der Waals surface area contributed by atoms with Crippen LogP contribution in [0.5, 0.6) is 17.2 Å². The third kappa shape index (κ3) is 8.04. The molecule has 0 spiro atoms. The molecule has 0 bridgehead atoms. The number of nitrogens with zero attached hydrogens (tertiary/aromatic N) is 1.